The molecule has 5 nitrogen and oxygen atoms in total. The third kappa shape index (κ3) is 3.67. The van der Waals surface area contributed by atoms with Gasteiger partial charge in [-0.1, -0.05) is 37.3 Å². The van der Waals surface area contributed by atoms with E-state index in [1.165, 1.54) is 7.05 Å². The molecule has 0 aromatic heterocycles. The number of sulfonamides is 1. The number of amides is 1. The smallest absolute Gasteiger partial charge is 0.230 e. The van der Waals surface area contributed by atoms with E-state index in [0.717, 1.165) is 12.0 Å². The SMILES string of the molecule is CCC(C(=O)N1CCC(S(=O)(=O)NC)CC1)c1ccccc1. The molecule has 0 saturated carbocycles. The molecule has 0 bridgehead atoms. The molecular weight excluding hydrogens is 300 g/mol. The van der Waals surface area contributed by atoms with Crippen LogP contribution in [0.1, 0.15) is 37.7 Å². The van der Waals surface area contributed by atoms with Gasteiger partial charge in [-0.3, -0.25) is 4.79 Å². The second kappa shape index (κ2) is 7.24. The van der Waals surface area contributed by atoms with Crippen molar-refractivity contribution < 1.29 is 13.2 Å². The fourth-order valence-corrected chi connectivity index (χ4v) is 4.18. The summed E-state index contributed by atoms with van der Waals surface area (Å²) in [5, 5.41) is -0.390. The average molecular weight is 324 g/mol. The molecule has 1 unspecified atom stereocenters. The summed E-state index contributed by atoms with van der Waals surface area (Å²) in [6.45, 7) is 3.02. The molecule has 1 atom stereocenters. The standard InChI is InChI=1S/C16H24N2O3S/c1-3-15(13-7-5-4-6-8-13)16(19)18-11-9-14(10-12-18)22(20,21)17-2/h4-8,14-15,17H,3,9-12H2,1-2H3. The van der Waals surface area contributed by atoms with E-state index in [-0.39, 0.29) is 11.8 Å². The van der Waals surface area contributed by atoms with Crippen LogP contribution in [0.15, 0.2) is 30.3 Å². The highest BCUT2D eigenvalue weighted by Gasteiger charge is 2.32. The first-order chi connectivity index (χ1) is 10.5. The van der Waals surface area contributed by atoms with Crippen molar-refractivity contribution in [1.29, 1.82) is 0 Å². The van der Waals surface area contributed by atoms with Crippen LogP contribution >= 0.6 is 0 Å². The molecule has 0 radical (unpaired) electrons. The number of piperidine rings is 1. The van der Waals surface area contributed by atoms with Crippen molar-refractivity contribution in [2.75, 3.05) is 20.1 Å². The molecule has 1 aromatic carbocycles. The van der Waals surface area contributed by atoms with E-state index in [1.807, 2.05) is 42.2 Å². The van der Waals surface area contributed by atoms with Gasteiger partial charge in [0.05, 0.1) is 11.2 Å². The van der Waals surface area contributed by atoms with Crippen molar-refractivity contribution in [2.24, 2.45) is 0 Å². The summed E-state index contributed by atoms with van der Waals surface area (Å²) >= 11 is 0. The zero-order valence-electron chi connectivity index (χ0n) is 13.2. The lowest BCUT2D eigenvalue weighted by molar-refractivity contribution is -0.133. The largest absolute Gasteiger partial charge is 0.342 e. The first kappa shape index (κ1) is 17.0. The molecule has 0 aliphatic carbocycles. The number of hydrogen-bond acceptors (Lipinski definition) is 3. The van der Waals surface area contributed by atoms with Crippen molar-refractivity contribution in [3.8, 4) is 0 Å². The summed E-state index contributed by atoms with van der Waals surface area (Å²) in [7, 11) is -1.80. The number of carbonyl (C=O) groups excluding carboxylic acids is 1. The van der Waals surface area contributed by atoms with Gasteiger partial charge in [-0.25, -0.2) is 13.1 Å². The van der Waals surface area contributed by atoms with Gasteiger partial charge in [-0.2, -0.15) is 0 Å². The van der Waals surface area contributed by atoms with Crippen LogP contribution in [-0.4, -0.2) is 44.6 Å². The Morgan fingerprint density at radius 1 is 1.27 bits per heavy atom. The minimum atomic E-state index is -3.24. The minimum absolute atomic E-state index is 0.106. The number of nitrogens with one attached hydrogen (secondary N) is 1. The normalized spacial score (nSPS) is 18.2. The number of benzene rings is 1. The Morgan fingerprint density at radius 3 is 2.36 bits per heavy atom. The Kier molecular flexibility index (Phi) is 5.58. The molecule has 1 aliphatic rings. The lowest BCUT2D eigenvalue weighted by Gasteiger charge is -2.33. The molecule has 0 spiro atoms. The van der Waals surface area contributed by atoms with Gasteiger partial charge in [0.25, 0.3) is 0 Å². The molecule has 6 heteroatoms. The molecular formula is C16H24N2O3S. The van der Waals surface area contributed by atoms with Gasteiger partial charge in [-0.05, 0) is 31.9 Å². The summed E-state index contributed by atoms with van der Waals surface area (Å²) in [5.74, 6) is -0.0346. The highest BCUT2D eigenvalue weighted by Crippen LogP contribution is 2.25. The fourth-order valence-electron chi connectivity index (χ4n) is 3.01. The van der Waals surface area contributed by atoms with Gasteiger partial charge in [0.15, 0.2) is 0 Å². The lowest BCUT2D eigenvalue weighted by atomic mass is 9.94. The average Bonchev–Trinajstić information content (AvgIpc) is 2.56. The monoisotopic (exact) mass is 324 g/mol. The van der Waals surface area contributed by atoms with E-state index in [2.05, 4.69) is 4.72 Å². The fraction of sp³-hybridized carbons (Fsp3) is 0.562. The molecule has 1 aliphatic heterocycles. The van der Waals surface area contributed by atoms with Crippen molar-refractivity contribution in [1.82, 2.24) is 9.62 Å². The number of carbonyl (C=O) groups is 1. The molecule has 1 saturated heterocycles. The van der Waals surface area contributed by atoms with Crippen molar-refractivity contribution >= 4 is 15.9 Å². The first-order valence-corrected chi connectivity index (χ1v) is 9.30. The Morgan fingerprint density at radius 2 is 1.86 bits per heavy atom. The molecule has 2 rings (SSSR count). The molecule has 122 valence electrons. The number of hydrogen-bond donors (Lipinski definition) is 1. The molecule has 1 amide bonds. The van der Waals surface area contributed by atoms with Gasteiger partial charge < -0.3 is 4.90 Å². The highest BCUT2D eigenvalue weighted by atomic mass is 32.2. The lowest BCUT2D eigenvalue weighted by Crippen LogP contribution is -2.46. The number of likely N-dealkylation sites (tertiary alicyclic amines) is 1. The van der Waals surface area contributed by atoms with Crippen LogP contribution in [0.3, 0.4) is 0 Å². The van der Waals surface area contributed by atoms with Crippen LogP contribution in [0.4, 0.5) is 0 Å². The predicted molar refractivity (Wildman–Crippen MR) is 87.1 cm³/mol. The summed E-state index contributed by atoms with van der Waals surface area (Å²) in [5.41, 5.74) is 1.03. The summed E-state index contributed by atoms with van der Waals surface area (Å²) < 4.78 is 26.0. The third-order valence-corrected chi connectivity index (χ3v) is 6.30. The van der Waals surface area contributed by atoms with Gasteiger partial charge in [0.1, 0.15) is 0 Å². The van der Waals surface area contributed by atoms with Crippen molar-refractivity contribution in [3.05, 3.63) is 35.9 Å². The molecule has 1 heterocycles. The van der Waals surface area contributed by atoms with Crippen LogP contribution in [0.2, 0.25) is 0 Å². The van der Waals surface area contributed by atoms with Crippen molar-refractivity contribution in [2.45, 2.75) is 37.4 Å². The summed E-state index contributed by atoms with van der Waals surface area (Å²) in [4.78, 5) is 14.5. The predicted octanol–water partition coefficient (Wildman–Crippen LogP) is 1.72. The van der Waals surface area contributed by atoms with Gasteiger partial charge in [0.2, 0.25) is 15.9 Å². The zero-order chi connectivity index (χ0) is 16.2. The Labute approximate surface area is 132 Å². The van der Waals surface area contributed by atoms with Crippen molar-refractivity contribution in [3.63, 3.8) is 0 Å². The van der Waals surface area contributed by atoms with E-state index in [4.69, 9.17) is 0 Å². The van der Waals surface area contributed by atoms with Crippen LogP contribution in [0, 0.1) is 0 Å². The van der Waals surface area contributed by atoms with E-state index < -0.39 is 15.3 Å². The Bertz CT molecular complexity index is 593. The second-order valence-corrected chi connectivity index (χ2v) is 7.81. The molecule has 1 N–H and O–H groups in total. The van der Waals surface area contributed by atoms with Gasteiger partial charge in [-0.15, -0.1) is 0 Å². The topological polar surface area (TPSA) is 66.5 Å². The maximum atomic E-state index is 12.7. The number of nitrogens with zero attached hydrogens (tertiary/aromatic N) is 1. The van der Waals surface area contributed by atoms with Crippen LogP contribution in [0.25, 0.3) is 0 Å². The number of rotatable bonds is 5. The quantitative estimate of drug-likeness (QED) is 0.897. The third-order valence-electron chi connectivity index (χ3n) is 4.39. The summed E-state index contributed by atoms with van der Waals surface area (Å²) in [6.07, 6.45) is 1.75. The van der Waals surface area contributed by atoms with E-state index in [9.17, 15) is 13.2 Å². The minimum Gasteiger partial charge on any atom is -0.342 e. The molecule has 1 fully saturated rings. The highest BCUT2D eigenvalue weighted by molar-refractivity contribution is 7.90. The van der Waals surface area contributed by atoms with Crippen LogP contribution < -0.4 is 4.72 Å². The van der Waals surface area contributed by atoms with Crippen LogP contribution in [-0.2, 0) is 14.8 Å². The Balaban J connectivity index is 2.03. The summed E-state index contributed by atoms with van der Waals surface area (Å²) in [6, 6.07) is 9.78. The van der Waals surface area contributed by atoms with E-state index in [0.29, 0.717) is 25.9 Å². The van der Waals surface area contributed by atoms with Gasteiger partial charge >= 0.3 is 0 Å². The molecule has 22 heavy (non-hydrogen) atoms. The van der Waals surface area contributed by atoms with Gasteiger partial charge in [0, 0.05) is 13.1 Å². The van der Waals surface area contributed by atoms with Crippen LogP contribution in [0.5, 0.6) is 0 Å². The first-order valence-electron chi connectivity index (χ1n) is 7.75. The maximum Gasteiger partial charge on any atom is 0.230 e. The van der Waals surface area contributed by atoms with E-state index >= 15 is 0 Å². The second-order valence-electron chi connectivity index (χ2n) is 5.65. The zero-order valence-corrected chi connectivity index (χ0v) is 14.0. The molecule has 1 aromatic rings. The Hall–Kier alpha value is -1.40. The van der Waals surface area contributed by atoms with E-state index in [1.54, 1.807) is 0 Å². The maximum absolute atomic E-state index is 12.7.